The minimum absolute atomic E-state index is 0.111. The molecule has 1 aromatic carbocycles. The van der Waals surface area contributed by atoms with Crippen molar-refractivity contribution in [2.75, 3.05) is 5.32 Å². The summed E-state index contributed by atoms with van der Waals surface area (Å²) in [7, 11) is 0. The molecule has 1 saturated carbocycles. The fourth-order valence-corrected chi connectivity index (χ4v) is 3.53. The normalized spacial score (nSPS) is 21.0. The van der Waals surface area contributed by atoms with Gasteiger partial charge in [0.2, 0.25) is 0 Å². The molecule has 122 valence electrons. The lowest BCUT2D eigenvalue weighted by Gasteiger charge is -2.37. The van der Waals surface area contributed by atoms with E-state index in [1.54, 1.807) is 12.1 Å². The second kappa shape index (κ2) is 6.85. The molecule has 0 unspecified atom stereocenters. The Hall–Kier alpha value is -0.650. The van der Waals surface area contributed by atoms with Crippen molar-refractivity contribution < 1.29 is 9.53 Å². The molecular weight excluding hydrogens is 391 g/mol. The molecule has 1 fully saturated rings. The van der Waals surface area contributed by atoms with Gasteiger partial charge < -0.3 is 15.4 Å². The van der Waals surface area contributed by atoms with Gasteiger partial charge in [0.15, 0.2) is 0 Å². The van der Waals surface area contributed by atoms with E-state index in [4.69, 9.17) is 27.9 Å². The van der Waals surface area contributed by atoms with E-state index in [1.807, 2.05) is 20.8 Å². The van der Waals surface area contributed by atoms with Crippen LogP contribution in [0.15, 0.2) is 16.6 Å². The summed E-state index contributed by atoms with van der Waals surface area (Å²) in [6.07, 6.45) is 1.24. The molecule has 0 saturated heterocycles. The summed E-state index contributed by atoms with van der Waals surface area (Å²) < 4.78 is 6.07. The number of anilines is 1. The summed E-state index contributed by atoms with van der Waals surface area (Å²) in [6.45, 7) is 5.53. The van der Waals surface area contributed by atoms with Crippen LogP contribution in [0, 0.1) is 0 Å². The maximum absolute atomic E-state index is 11.7. The van der Waals surface area contributed by atoms with Crippen molar-refractivity contribution in [2.45, 2.75) is 51.3 Å². The second-order valence-electron chi connectivity index (χ2n) is 6.40. The van der Waals surface area contributed by atoms with Crippen molar-refractivity contribution >= 4 is 50.9 Å². The van der Waals surface area contributed by atoms with Crippen LogP contribution in [-0.2, 0) is 4.74 Å². The molecule has 2 N–H and O–H groups in total. The molecule has 0 atom stereocenters. The first-order chi connectivity index (χ1) is 10.1. The number of benzene rings is 1. The van der Waals surface area contributed by atoms with Gasteiger partial charge in [0.05, 0.1) is 15.7 Å². The second-order valence-corrected chi connectivity index (χ2v) is 8.13. The summed E-state index contributed by atoms with van der Waals surface area (Å²) in [5.41, 5.74) is 0.247. The molecule has 1 aromatic rings. The molecule has 0 bridgehead atoms. The van der Waals surface area contributed by atoms with Crippen LogP contribution < -0.4 is 10.6 Å². The molecule has 1 aliphatic carbocycles. The number of hydrogen-bond donors (Lipinski definition) is 2. The van der Waals surface area contributed by atoms with Gasteiger partial charge in [-0.1, -0.05) is 39.1 Å². The topological polar surface area (TPSA) is 50.4 Å². The van der Waals surface area contributed by atoms with Gasteiger partial charge in [-0.3, -0.25) is 0 Å². The lowest BCUT2D eigenvalue weighted by atomic mass is 9.86. The molecule has 1 aliphatic rings. The van der Waals surface area contributed by atoms with Gasteiger partial charge in [-0.05, 0) is 45.7 Å². The molecular formula is C15H19BrCl2N2O2. The quantitative estimate of drug-likeness (QED) is 0.718. The minimum atomic E-state index is -0.482. The maximum atomic E-state index is 11.7. The Morgan fingerprint density at radius 3 is 2.27 bits per heavy atom. The Kier molecular flexibility index (Phi) is 5.51. The van der Waals surface area contributed by atoms with Crippen LogP contribution in [0.3, 0.4) is 0 Å². The molecule has 7 heteroatoms. The third-order valence-corrected chi connectivity index (χ3v) is 4.27. The summed E-state index contributed by atoms with van der Waals surface area (Å²) >= 11 is 15.7. The highest BCUT2D eigenvalue weighted by Crippen LogP contribution is 2.36. The Bertz CT molecular complexity index is 546. The van der Waals surface area contributed by atoms with Crippen molar-refractivity contribution in [1.82, 2.24) is 5.32 Å². The summed E-state index contributed by atoms with van der Waals surface area (Å²) in [6, 6.07) is 3.94. The van der Waals surface area contributed by atoms with Crippen molar-refractivity contribution in [2.24, 2.45) is 0 Å². The van der Waals surface area contributed by atoms with Crippen LogP contribution in [0.2, 0.25) is 10.0 Å². The summed E-state index contributed by atoms with van der Waals surface area (Å²) in [5.74, 6) is 0. The highest BCUT2D eigenvalue weighted by atomic mass is 79.9. The monoisotopic (exact) mass is 408 g/mol. The number of ether oxygens (including phenoxy) is 1. The van der Waals surface area contributed by atoms with Crippen LogP contribution >= 0.6 is 39.1 Å². The molecule has 0 radical (unpaired) electrons. The number of amides is 1. The van der Waals surface area contributed by atoms with E-state index in [0.29, 0.717) is 10.0 Å². The molecule has 0 spiro atoms. The lowest BCUT2D eigenvalue weighted by Crippen LogP contribution is -2.50. The van der Waals surface area contributed by atoms with E-state index >= 15 is 0 Å². The number of halogens is 3. The van der Waals surface area contributed by atoms with Crippen LogP contribution in [0.1, 0.15) is 33.6 Å². The number of rotatable bonds is 3. The summed E-state index contributed by atoms with van der Waals surface area (Å²) in [5, 5.41) is 7.31. The highest BCUT2D eigenvalue weighted by Gasteiger charge is 2.32. The molecule has 1 amide bonds. The number of hydrogen-bond acceptors (Lipinski definition) is 3. The molecule has 0 aliphatic heterocycles. The molecule has 2 rings (SSSR count). The highest BCUT2D eigenvalue weighted by molar-refractivity contribution is 9.10. The van der Waals surface area contributed by atoms with Crippen molar-refractivity contribution in [3.8, 4) is 0 Å². The van der Waals surface area contributed by atoms with Gasteiger partial charge in [0.1, 0.15) is 5.60 Å². The third kappa shape index (κ3) is 4.93. The van der Waals surface area contributed by atoms with Crippen LogP contribution in [0.4, 0.5) is 10.5 Å². The van der Waals surface area contributed by atoms with E-state index < -0.39 is 5.60 Å². The van der Waals surface area contributed by atoms with Crippen LogP contribution in [-0.4, -0.2) is 23.8 Å². The van der Waals surface area contributed by atoms with Crippen LogP contribution in [0.25, 0.3) is 0 Å². The van der Waals surface area contributed by atoms with E-state index in [1.165, 1.54) is 0 Å². The van der Waals surface area contributed by atoms with Crippen molar-refractivity contribution in [3.63, 3.8) is 0 Å². The molecule has 22 heavy (non-hydrogen) atoms. The van der Waals surface area contributed by atoms with Crippen molar-refractivity contribution in [1.29, 1.82) is 0 Å². The van der Waals surface area contributed by atoms with Gasteiger partial charge in [0, 0.05) is 16.6 Å². The number of alkyl carbamates (subject to hydrolysis) is 1. The van der Waals surface area contributed by atoms with E-state index in [0.717, 1.165) is 23.0 Å². The largest absolute Gasteiger partial charge is 0.444 e. The van der Waals surface area contributed by atoms with Gasteiger partial charge in [-0.15, -0.1) is 0 Å². The number of nitrogens with one attached hydrogen (secondary N) is 2. The molecule has 4 nitrogen and oxygen atoms in total. The zero-order valence-corrected chi connectivity index (χ0v) is 15.8. The average molecular weight is 410 g/mol. The van der Waals surface area contributed by atoms with Gasteiger partial charge in [-0.2, -0.15) is 0 Å². The van der Waals surface area contributed by atoms with Crippen LogP contribution in [0.5, 0.6) is 0 Å². The zero-order chi connectivity index (χ0) is 16.5. The summed E-state index contributed by atoms with van der Waals surface area (Å²) in [4.78, 5) is 11.7. The molecule has 0 heterocycles. The number of carbonyl (C=O) groups is 1. The third-order valence-electron chi connectivity index (χ3n) is 3.21. The minimum Gasteiger partial charge on any atom is -0.444 e. The first kappa shape index (κ1) is 17.7. The predicted molar refractivity (Wildman–Crippen MR) is 94.0 cm³/mol. The average Bonchev–Trinajstić information content (AvgIpc) is 2.27. The zero-order valence-electron chi connectivity index (χ0n) is 12.7. The Morgan fingerprint density at radius 1 is 1.23 bits per heavy atom. The van der Waals surface area contributed by atoms with Gasteiger partial charge >= 0.3 is 6.09 Å². The van der Waals surface area contributed by atoms with Crippen molar-refractivity contribution in [3.05, 3.63) is 26.7 Å². The fourth-order valence-electron chi connectivity index (χ4n) is 2.21. The predicted octanol–water partition coefficient (Wildman–Crippen LogP) is 5.22. The smallest absolute Gasteiger partial charge is 0.407 e. The maximum Gasteiger partial charge on any atom is 0.407 e. The standard InChI is InChI=1S/C15H19BrCl2N2O2/c1-15(2,3)22-14(21)20-10-6-9(7-10)19-13-11(17)4-8(16)5-12(13)18/h4-5,9-10,19H,6-7H2,1-3H3,(H,20,21). The number of carbonyl (C=O) groups excluding carboxylic acids is 1. The SMILES string of the molecule is CC(C)(C)OC(=O)NC1CC(Nc2c(Cl)cc(Br)cc2Cl)C1. The Balaban J connectivity index is 1.82. The van der Waals surface area contributed by atoms with Gasteiger partial charge in [0.25, 0.3) is 0 Å². The first-order valence-electron chi connectivity index (χ1n) is 7.04. The molecule has 0 aromatic heterocycles. The van der Waals surface area contributed by atoms with Gasteiger partial charge in [-0.25, -0.2) is 4.79 Å². The lowest BCUT2D eigenvalue weighted by molar-refractivity contribution is 0.0475. The van der Waals surface area contributed by atoms with E-state index in [-0.39, 0.29) is 18.2 Å². The first-order valence-corrected chi connectivity index (χ1v) is 8.59. The Labute approximate surface area is 149 Å². The Morgan fingerprint density at radius 2 is 1.77 bits per heavy atom. The van der Waals surface area contributed by atoms with E-state index in [9.17, 15) is 4.79 Å². The fraction of sp³-hybridized carbons (Fsp3) is 0.533. The van der Waals surface area contributed by atoms with E-state index in [2.05, 4.69) is 26.6 Å².